The van der Waals surface area contributed by atoms with Crippen molar-refractivity contribution in [2.75, 3.05) is 0 Å². The summed E-state index contributed by atoms with van der Waals surface area (Å²) < 4.78 is 32.0. The Balaban J connectivity index is 2.11. The lowest BCUT2D eigenvalue weighted by atomic mass is 10.1. The number of carbonyl (C=O) groups excluding carboxylic acids is 1. The van der Waals surface area contributed by atoms with Gasteiger partial charge in [-0.3, -0.25) is 4.79 Å². The predicted molar refractivity (Wildman–Crippen MR) is 71.9 cm³/mol. The van der Waals surface area contributed by atoms with Gasteiger partial charge in [-0.25, -0.2) is 8.78 Å². The standard InChI is InChI=1S/C16H14F2O2/c1-10-7-13(17)4-3-12(10)9-20-14-5-6-15(11(2)19)16(18)8-14/h3-8H,9H2,1-2H3. The predicted octanol–water partition coefficient (Wildman–Crippen LogP) is 4.05. The summed E-state index contributed by atoms with van der Waals surface area (Å²) in [6.07, 6.45) is 0. The molecule has 0 saturated heterocycles. The highest BCUT2D eigenvalue weighted by Crippen LogP contribution is 2.19. The number of ketones is 1. The number of carbonyl (C=O) groups is 1. The average Bonchev–Trinajstić information content (AvgIpc) is 2.37. The van der Waals surface area contributed by atoms with Crippen LogP contribution in [-0.4, -0.2) is 5.78 Å². The second kappa shape index (κ2) is 5.82. The summed E-state index contributed by atoms with van der Waals surface area (Å²) in [6.45, 7) is 3.30. The van der Waals surface area contributed by atoms with Gasteiger partial charge in [0.2, 0.25) is 0 Å². The Morgan fingerprint density at radius 2 is 1.90 bits per heavy atom. The van der Waals surface area contributed by atoms with Crippen LogP contribution in [0.25, 0.3) is 0 Å². The van der Waals surface area contributed by atoms with E-state index in [1.54, 1.807) is 19.1 Å². The smallest absolute Gasteiger partial charge is 0.162 e. The lowest BCUT2D eigenvalue weighted by molar-refractivity contribution is 0.101. The van der Waals surface area contributed by atoms with Crippen LogP contribution in [0.2, 0.25) is 0 Å². The monoisotopic (exact) mass is 276 g/mol. The van der Waals surface area contributed by atoms with Crippen molar-refractivity contribution in [3.05, 3.63) is 64.7 Å². The van der Waals surface area contributed by atoms with Crippen LogP contribution in [-0.2, 0) is 6.61 Å². The van der Waals surface area contributed by atoms with Crippen LogP contribution in [0, 0.1) is 18.6 Å². The molecular weight excluding hydrogens is 262 g/mol. The van der Waals surface area contributed by atoms with Crippen LogP contribution in [0.15, 0.2) is 36.4 Å². The van der Waals surface area contributed by atoms with Gasteiger partial charge < -0.3 is 4.74 Å². The molecule has 0 radical (unpaired) electrons. The summed E-state index contributed by atoms with van der Waals surface area (Å²) in [5.41, 5.74) is 1.63. The second-order valence-electron chi connectivity index (χ2n) is 4.56. The van der Waals surface area contributed by atoms with Crippen molar-refractivity contribution in [1.82, 2.24) is 0 Å². The Morgan fingerprint density at radius 1 is 1.15 bits per heavy atom. The molecule has 0 amide bonds. The van der Waals surface area contributed by atoms with Crippen molar-refractivity contribution in [3.63, 3.8) is 0 Å². The maximum Gasteiger partial charge on any atom is 0.162 e. The van der Waals surface area contributed by atoms with Crippen LogP contribution in [0.3, 0.4) is 0 Å². The first-order valence-corrected chi connectivity index (χ1v) is 6.15. The van der Waals surface area contributed by atoms with Gasteiger partial charge in [-0.05, 0) is 49.2 Å². The van der Waals surface area contributed by atoms with Crippen LogP contribution in [0.5, 0.6) is 5.75 Å². The molecule has 4 heteroatoms. The molecule has 0 N–H and O–H groups in total. The number of aryl methyl sites for hydroxylation is 1. The lowest BCUT2D eigenvalue weighted by Gasteiger charge is -2.09. The van der Waals surface area contributed by atoms with Crippen LogP contribution in [0.1, 0.15) is 28.4 Å². The maximum absolute atomic E-state index is 13.6. The highest BCUT2D eigenvalue weighted by molar-refractivity contribution is 5.94. The first-order valence-electron chi connectivity index (χ1n) is 6.15. The fourth-order valence-electron chi connectivity index (χ4n) is 1.85. The third-order valence-electron chi connectivity index (χ3n) is 3.02. The zero-order chi connectivity index (χ0) is 14.7. The number of rotatable bonds is 4. The Bertz CT molecular complexity index is 651. The van der Waals surface area contributed by atoms with E-state index in [1.165, 1.54) is 31.2 Å². The van der Waals surface area contributed by atoms with Gasteiger partial charge in [-0.1, -0.05) is 6.07 Å². The minimum atomic E-state index is -0.606. The van der Waals surface area contributed by atoms with Gasteiger partial charge in [0.1, 0.15) is 24.0 Å². The number of hydrogen-bond acceptors (Lipinski definition) is 2. The van der Waals surface area contributed by atoms with E-state index in [9.17, 15) is 13.6 Å². The van der Waals surface area contributed by atoms with E-state index in [4.69, 9.17) is 4.74 Å². The molecule has 0 aromatic heterocycles. The molecule has 0 aliphatic heterocycles. The average molecular weight is 276 g/mol. The Hall–Kier alpha value is -2.23. The summed E-state index contributed by atoms with van der Waals surface area (Å²) in [5.74, 6) is -0.909. The molecule has 2 aromatic rings. The molecule has 2 nitrogen and oxygen atoms in total. The Labute approximate surface area is 116 Å². The van der Waals surface area contributed by atoms with Crippen LogP contribution < -0.4 is 4.74 Å². The Morgan fingerprint density at radius 3 is 2.50 bits per heavy atom. The fourth-order valence-corrected chi connectivity index (χ4v) is 1.85. The number of halogens is 2. The summed E-state index contributed by atoms with van der Waals surface area (Å²) in [4.78, 5) is 11.1. The zero-order valence-electron chi connectivity index (χ0n) is 11.2. The van der Waals surface area contributed by atoms with Crippen LogP contribution in [0.4, 0.5) is 8.78 Å². The number of hydrogen-bond donors (Lipinski definition) is 0. The van der Waals surface area contributed by atoms with Gasteiger partial charge in [-0.15, -0.1) is 0 Å². The van der Waals surface area contributed by atoms with Gasteiger partial charge in [-0.2, -0.15) is 0 Å². The van der Waals surface area contributed by atoms with Crippen molar-refractivity contribution in [3.8, 4) is 5.75 Å². The van der Waals surface area contributed by atoms with E-state index >= 15 is 0 Å². The summed E-state index contributed by atoms with van der Waals surface area (Å²) in [6, 6.07) is 8.51. The van der Waals surface area contributed by atoms with Gasteiger partial charge in [0.15, 0.2) is 5.78 Å². The SMILES string of the molecule is CC(=O)c1ccc(OCc2ccc(F)cc2C)cc1F. The normalized spacial score (nSPS) is 10.4. The molecule has 0 saturated carbocycles. The van der Waals surface area contributed by atoms with Gasteiger partial charge in [0.05, 0.1) is 5.56 Å². The first-order chi connectivity index (χ1) is 9.47. The van der Waals surface area contributed by atoms with E-state index in [2.05, 4.69) is 0 Å². The van der Waals surface area contributed by atoms with Gasteiger partial charge in [0.25, 0.3) is 0 Å². The summed E-state index contributed by atoms with van der Waals surface area (Å²) >= 11 is 0. The van der Waals surface area contributed by atoms with E-state index in [1.807, 2.05) is 0 Å². The second-order valence-corrected chi connectivity index (χ2v) is 4.56. The summed E-state index contributed by atoms with van der Waals surface area (Å²) in [7, 11) is 0. The van der Waals surface area contributed by atoms with Crippen molar-refractivity contribution in [1.29, 1.82) is 0 Å². The third kappa shape index (κ3) is 3.20. The summed E-state index contributed by atoms with van der Waals surface area (Å²) in [5, 5.41) is 0. The molecule has 0 aliphatic carbocycles. The van der Waals surface area contributed by atoms with E-state index < -0.39 is 5.82 Å². The molecule has 0 heterocycles. The topological polar surface area (TPSA) is 26.3 Å². The number of benzene rings is 2. The van der Waals surface area contributed by atoms with Gasteiger partial charge in [0, 0.05) is 6.07 Å². The molecule has 0 atom stereocenters. The van der Waals surface area contributed by atoms with Crippen molar-refractivity contribution in [2.45, 2.75) is 20.5 Å². The van der Waals surface area contributed by atoms with E-state index in [-0.39, 0.29) is 23.8 Å². The van der Waals surface area contributed by atoms with E-state index in [0.29, 0.717) is 5.75 Å². The number of Topliss-reactive ketones (excluding diaryl/α,β-unsaturated/α-hetero) is 1. The molecule has 0 spiro atoms. The molecule has 20 heavy (non-hydrogen) atoms. The maximum atomic E-state index is 13.6. The molecule has 0 aliphatic rings. The molecule has 2 rings (SSSR count). The molecule has 104 valence electrons. The fraction of sp³-hybridized carbons (Fsp3) is 0.188. The minimum Gasteiger partial charge on any atom is -0.489 e. The molecule has 0 fully saturated rings. The third-order valence-corrected chi connectivity index (χ3v) is 3.02. The van der Waals surface area contributed by atoms with Crippen LogP contribution >= 0.6 is 0 Å². The largest absolute Gasteiger partial charge is 0.489 e. The number of ether oxygens (including phenoxy) is 1. The van der Waals surface area contributed by atoms with Crippen molar-refractivity contribution in [2.24, 2.45) is 0 Å². The molecule has 2 aromatic carbocycles. The highest BCUT2D eigenvalue weighted by atomic mass is 19.1. The highest BCUT2D eigenvalue weighted by Gasteiger charge is 2.09. The van der Waals surface area contributed by atoms with Crippen molar-refractivity contribution >= 4 is 5.78 Å². The molecule has 0 bridgehead atoms. The molecule has 0 unspecified atom stereocenters. The minimum absolute atomic E-state index is 0.0373. The van der Waals surface area contributed by atoms with E-state index in [0.717, 1.165) is 11.1 Å². The molecular formula is C16H14F2O2. The van der Waals surface area contributed by atoms with Gasteiger partial charge >= 0.3 is 0 Å². The lowest BCUT2D eigenvalue weighted by Crippen LogP contribution is -2.01. The Kier molecular flexibility index (Phi) is 4.13. The quantitative estimate of drug-likeness (QED) is 0.787. The van der Waals surface area contributed by atoms with Crippen molar-refractivity contribution < 1.29 is 18.3 Å². The zero-order valence-corrected chi connectivity index (χ0v) is 11.2. The first kappa shape index (κ1) is 14.2.